The average Bonchev–Trinajstić information content (AvgIpc) is 2.53. The van der Waals surface area contributed by atoms with Gasteiger partial charge >= 0.3 is 0 Å². The quantitative estimate of drug-likeness (QED) is 0.610. The van der Waals surface area contributed by atoms with Crippen molar-refractivity contribution >= 4 is 5.91 Å². The van der Waals surface area contributed by atoms with Crippen LogP contribution >= 0.6 is 0 Å². The molecule has 1 saturated heterocycles. The molecule has 0 bridgehead atoms. The highest BCUT2D eigenvalue weighted by Crippen LogP contribution is 2.23. The van der Waals surface area contributed by atoms with Crippen molar-refractivity contribution in [1.82, 2.24) is 4.90 Å². The van der Waals surface area contributed by atoms with Gasteiger partial charge in [0.25, 0.3) is 0 Å². The third-order valence-electron chi connectivity index (χ3n) is 2.91. The molecule has 1 heterocycles. The molecule has 74 valence electrons. The summed E-state index contributed by atoms with van der Waals surface area (Å²) in [5, 5.41) is 0. The number of nitrogens with two attached hydrogens (primary N) is 1. The summed E-state index contributed by atoms with van der Waals surface area (Å²) in [5.41, 5.74) is 5.81. The van der Waals surface area contributed by atoms with Gasteiger partial charge < -0.3 is 15.4 Å². The summed E-state index contributed by atoms with van der Waals surface area (Å²) in [6.45, 7) is 1.68. The van der Waals surface area contributed by atoms with Gasteiger partial charge in [0.1, 0.15) is 6.61 Å². The predicted molar refractivity (Wildman–Crippen MR) is 48.1 cm³/mol. The van der Waals surface area contributed by atoms with Gasteiger partial charge in [-0.2, -0.15) is 0 Å². The normalized spacial score (nSPS) is 35.5. The number of hydrogen-bond donors (Lipinski definition) is 1. The summed E-state index contributed by atoms with van der Waals surface area (Å²) >= 11 is 0. The molecular weight excluding hydrogens is 168 g/mol. The number of morpholine rings is 1. The monoisotopic (exact) mass is 184 g/mol. The first kappa shape index (κ1) is 8.97. The molecule has 1 aliphatic carbocycles. The maximum absolute atomic E-state index is 11.4. The van der Waals surface area contributed by atoms with Crippen LogP contribution in [0.5, 0.6) is 0 Å². The van der Waals surface area contributed by atoms with Crippen LogP contribution in [0.2, 0.25) is 0 Å². The van der Waals surface area contributed by atoms with Gasteiger partial charge in [0, 0.05) is 18.6 Å². The molecule has 1 aliphatic heterocycles. The molecule has 1 amide bonds. The Morgan fingerprint density at radius 1 is 1.46 bits per heavy atom. The van der Waals surface area contributed by atoms with E-state index in [1.165, 1.54) is 0 Å². The third-order valence-corrected chi connectivity index (χ3v) is 2.91. The van der Waals surface area contributed by atoms with E-state index in [1.54, 1.807) is 0 Å². The molecule has 2 rings (SSSR count). The smallest absolute Gasteiger partial charge is 0.248 e. The lowest BCUT2D eigenvalue weighted by Gasteiger charge is -2.32. The minimum Gasteiger partial charge on any atom is -0.370 e. The van der Waals surface area contributed by atoms with Crippen molar-refractivity contribution in [2.45, 2.75) is 31.3 Å². The van der Waals surface area contributed by atoms with Gasteiger partial charge in [0.05, 0.1) is 6.61 Å². The van der Waals surface area contributed by atoms with Crippen LogP contribution in [0.3, 0.4) is 0 Å². The molecule has 1 saturated carbocycles. The Bertz CT molecular complexity index is 208. The topological polar surface area (TPSA) is 55.6 Å². The number of carbonyl (C=O) groups excluding carboxylic acids is 1. The second kappa shape index (κ2) is 3.64. The van der Waals surface area contributed by atoms with E-state index in [-0.39, 0.29) is 12.5 Å². The van der Waals surface area contributed by atoms with E-state index in [0.29, 0.717) is 18.7 Å². The molecule has 13 heavy (non-hydrogen) atoms. The molecular formula is C9H16N2O2. The average molecular weight is 184 g/mol. The maximum atomic E-state index is 11.4. The fraction of sp³-hybridized carbons (Fsp3) is 0.889. The first-order valence-corrected chi connectivity index (χ1v) is 4.90. The highest BCUT2D eigenvalue weighted by atomic mass is 16.5. The third kappa shape index (κ3) is 1.84. The Morgan fingerprint density at radius 2 is 2.31 bits per heavy atom. The summed E-state index contributed by atoms with van der Waals surface area (Å²) in [6.07, 6.45) is 3.08. The van der Waals surface area contributed by atoms with Crippen LogP contribution in [0.25, 0.3) is 0 Å². The number of nitrogens with zero attached hydrogens (tertiary/aromatic N) is 1. The summed E-state index contributed by atoms with van der Waals surface area (Å²) in [5.74, 6) is 0.130. The first-order chi connectivity index (χ1) is 6.27. The van der Waals surface area contributed by atoms with Crippen LogP contribution in [0.15, 0.2) is 0 Å². The largest absolute Gasteiger partial charge is 0.370 e. The zero-order valence-corrected chi connectivity index (χ0v) is 7.74. The van der Waals surface area contributed by atoms with Crippen molar-refractivity contribution in [2.24, 2.45) is 5.73 Å². The standard InChI is InChI=1S/C9H16N2O2/c10-7-1-2-8(5-7)11-3-4-13-6-9(11)12/h7-8H,1-6,10H2. The van der Waals surface area contributed by atoms with E-state index >= 15 is 0 Å². The zero-order valence-electron chi connectivity index (χ0n) is 7.74. The maximum Gasteiger partial charge on any atom is 0.248 e. The molecule has 2 aliphatic rings. The fourth-order valence-electron chi connectivity index (χ4n) is 2.19. The number of ether oxygens (including phenoxy) is 1. The molecule has 0 aromatic carbocycles. The summed E-state index contributed by atoms with van der Waals surface area (Å²) in [6, 6.07) is 0.673. The lowest BCUT2D eigenvalue weighted by atomic mass is 10.2. The van der Waals surface area contributed by atoms with Crippen molar-refractivity contribution in [3.8, 4) is 0 Å². The van der Waals surface area contributed by atoms with Crippen molar-refractivity contribution in [3.05, 3.63) is 0 Å². The van der Waals surface area contributed by atoms with E-state index in [1.807, 2.05) is 4.90 Å². The number of amides is 1. The summed E-state index contributed by atoms with van der Waals surface area (Å²) in [4.78, 5) is 13.4. The van der Waals surface area contributed by atoms with Gasteiger partial charge in [-0.05, 0) is 19.3 Å². The molecule has 0 aromatic heterocycles. The molecule has 0 spiro atoms. The molecule has 4 heteroatoms. The van der Waals surface area contributed by atoms with Crippen LogP contribution < -0.4 is 5.73 Å². The van der Waals surface area contributed by atoms with Gasteiger partial charge in [0.15, 0.2) is 0 Å². The van der Waals surface area contributed by atoms with E-state index < -0.39 is 0 Å². The van der Waals surface area contributed by atoms with Crippen LogP contribution in [-0.2, 0) is 9.53 Å². The van der Waals surface area contributed by atoms with Gasteiger partial charge in [0.2, 0.25) is 5.91 Å². The van der Waals surface area contributed by atoms with E-state index in [9.17, 15) is 4.79 Å². The Balaban J connectivity index is 1.95. The van der Waals surface area contributed by atoms with Crippen molar-refractivity contribution in [3.63, 3.8) is 0 Å². The second-order valence-corrected chi connectivity index (χ2v) is 3.87. The molecule has 2 N–H and O–H groups in total. The summed E-state index contributed by atoms with van der Waals surface area (Å²) in [7, 11) is 0. The first-order valence-electron chi connectivity index (χ1n) is 4.90. The van der Waals surface area contributed by atoms with Gasteiger partial charge in [-0.15, -0.1) is 0 Å². The molecule has 2 atom stereocenters. The lowest BCUT2D eigenvalue weighted by molar-refractivity contribution is -0.145. The second-order valence-electron chi connectivity index (χ2n) is 3.87. The van der Waals surface area contributed by atoms with Crippen LogP contribution in [-0.4, -0.2) is 42.6 Å². The highest BCUT2D eigenvalue weighted by Gasteiger charge is 2.31. The zero-order chi connectivity index (χ0) is 9.26. The number of rotatable bonds is 1. The van der Waals surface area contributed by atoms with Gasteiger partial charge in [-0.25, -0.2) is 0 Å². The Kier molecular flexibility index (Phi) is 2.51. The minimum atomic E-state index is 0.130. The SMILES string of the molecule is NC1CCC(N2CCOCC2=O)C1. The molecule has 0 aromatic rings. The molecule has 4 nitrogen and oxygen atoms in total. The Labute approximate surface area is 78.0 Å². The fourth-order valence-corrected chi connectivity index (χ4v) is 2.19. The van der Waals surface area contributed by atoms with E-state index in [2.05, 4.69) is 0 Å². The van der Waals surface area contributed by atoms with Crippen molar-refractivity contribution < 1.29 is 9.53 Å². The molecule has 2 unspecified atom stereocenters. The van der Waals surface area contributed by atoms with Gasteiger partial charge in [-0.3, -0.25) is 4.79 Å². The van der Waals surface area contributed by atoms with Gasteiger partial charge in [-0.1, -0.05) is 0 Å². The Morgan fingerprint density at radius 3 is 2.92 bits per heavy atom. The predicted octanol–water partition coefficient (Wildman–Crippen LogP) is -0.275. The molecule has 2 fully saturated rings. The lowest BCUT2D eigenvalue weighted by Crippen LogP contribution is -2.47. The van der Waals surface area contributed by atoms with Crippen LogP contribution in [0, 0.1) is 0 Å². The van der Waals surface area contributed by atoms with E-state index in [4.69, 9.17) is 10.5 Å². The van der Waals surface area contributed by atoms with Crippen LogP contribution in [0.4, 0.5) is 0 Å². The minimum absolute atomic E-state index is 0.130. The van der Waals surface area contributed by atoms with Crippen LogP contribution in [0.1, 0.15) is 19.3 Å². The van der Waals surface area contributed by atoms with E-state index in [0.717, 1.165) is 25.8 Å². The highest BCUT2D eigenvalue weighted by molar-refractivity contribution is 5.78. The summed E-state index contributed by atoms with van der Waals surface area (Å²) < 4.78 is 5.08. The Hall–Kier alpha value is -0.610. The molecule has 0 radical (unpaired) electrons. The van der Waals surface area contributed by atoms with Crippen molar-refractivity contribution in [2.75, 3.05) is 19.8 Å². The number of carbonyl (C=O) groups is 1. The number of hydrogen-bond acceptors (Lipinski definition) is 3. The van der Waals surface area contributed by atoms with Crippen molar-refractivity contribution in [1.29, 1.82) is 0 Å².